The summed E-state index contributed by atoms with van der Waals surface area (Å²) in [7, 11) is 1.64. The number of methoxy groups -OCH3 is 1. The van der Waals surface area contributed by atoms with Crippen molar-refractivity contribution < 1.29 is 52.6 Å². The van der Waals surface area contributed by atoms with E-state index in [9.17, 15) is 27.6 Å². The highest BCUT2D eigenvalue weighted by atomic mass is 19.4. The molecule has 2 fully saturated rings. The Hall–Kier alpha value is -4.13. The fourth-order valence-corrected chi connectivity index (χ4v) is 5.31. The summed E-state index contributed by atoms with van der Waals surface area (Å²) in [6.07, 6.45) is -0.323. The van der Waals surface area contributed by atoms with E-state index in [1.54, 1.807) is 36.3 Å². The van der Waals surface area contributed by atoms with Crippen LogP contribution in [0, 0.1) is 5.41 Å². The zero-order valence-electron chi connectivity index (χ0n) is 24.1. The van der Waals surface area contributed by atoms with Gasteiger partial charge in [-0.05, 0) is 55.7 Å². The van der Waals surface area contributed by atoms with Crippen LogP contribution in [0.1, 0.15) is 61.4 Å². The van der Waals surface area contributed by atoms with Gasteiger partial charge in [-0.1, -0.05) is 13.0 Å². The molecular weight excluding hydrogens is 571 g/mol. The highest BCUT2D eigenvalue weighted by Crippen LogP contribution is 2.39. The third-order valence-corrected chi connectivity index (χ3v) is 7.85. The van der Waals surface area contributed by atoms with Crippen LogP contribution >= 0.6 is 0 Å². The van der Waals surface area contributed by atoms with Crippen LogP contribution in [-0.4, -0.2) is 61.8 Å². The number of rotatable bonds is 10. The normalized spacial score (nSPS) is 18.7. The SMILES string of the molecule is CCC1(CC[NH2+]Cc2ccc(N3CCCCC3=O)c(OC)c2)CC(=O)N(c2ccc(C(=O)O)cc2)C1.O=C([O-])C(F)(F)F. The zero-order chi connectivity index (χ0) is 31.8. The second kappa shape index (κ2) is 14.4. The van der Waals surface area contributed by atoms with Gasteiger partial charge in [0, 0.05) is 49.0 Å². The van der Waals surface area contributed by atoms with Crippen molar-refractivity contribution in [1.82, 2.24) is 0 Å². The van der Waals surface area contributed by atoms with Gasteiger partial charge in [-0.2, -0.15) is 13.2 Å². The molecule has 4 rings (SSSR count). The number of halogens is 3. The van der Waals surface area contributed by atoms with E-state index >= 15 is 0 Å². The number of quaternary nitrogens is 1. The number of carbonyl (C=O) groups is 4. The summed E-state index contributed by atoms with van der Waals surface area (Å²) in [4.78, 5) is 48.7. The van der Waals surface area contributed by atoms with E-state index in [4.69, 9.17) is 19.7 Å². The number of hydrogen-bond donors (Lipinski definition) is 2. The first-order valence-electron chi connectivity index (χ1n) is 14.0. The van der Waals surface area contributed by atoms with E-state index in [0.717, 1.165) is 68.0 Å². The van der Waals surface area contributed by atoms with Crippen LogP contribution in [0.25, 0.3) is 0 Å². The van der Waals surface area contributed by atoms with Crippen molar-refractivity contribution in [3.63, 3.8) is 0 Å². The Bertz CT molecular complexity index is 1320. The number of nitrogens with zero attached hydrogens (tertiary/aromatic N) is 2. The second-order valence-electron chi connectivity index (χ2n) is 10.7. The van der Waals surface area contributed by atoms with E-state index < -0.39 is 18.1 Å². The fraction of sp³-hybridized carbons (Fsp3) is 0.467. The van der Waals surface area contributed by atoms with Gasteiger partial charge >= 0.3 is 12.1 Å². The molecule has 0 aliphatic carbocycles. The minimum Gasteiger partial charge on any atom is -0.542 e. The van der Waals surface area contributed by atoms with Gasteiger partial charge in [-0.25, -0.2) is 4.79 Å². The average molecular weight is 608 g/mol. The van der Waals surface area contributed by atoms with Crippen LogP contribution < -0.4 is 25.0 Å². The highest BCUT2D eigenvalue weighted by Gasteiger charge is 2.42. The lowest BCUT2D eigenvalue weighted by molar-refractivity contribution is -0.672. The molecule has 0 spiro atoms. The van der Waals surface area contributed by atoms with Crippen molar-refractivity contribution >= 4 is 35.1 Å². The van der Waals surface area contributed by atoms with Gasteiger partial charge in [0.05, 0.1) is 24.9 Å². The minimum absolute atomic E-state index is 0.0881. The lowest BCUT2D eigenvalue weighted by Crippen LogP contribution is -2.83. The number of carboxylic acid groups (broad SMARTS) is 2. The van der Waals surface area contributed by atoms with Gasteiger partial charge in [-0.15, -0.1) is 0 Å². The standard InChI is InChI=1S/C28H35N3O5.C2HF3O2/c1-3-28(17-26(33)31(19-28)22-10-8-21(9-11-22)27(34)35)13-14-29-18-20-7-12-23(24(16-20)36-2)30-15-5-4-6-25(30)32;3-2(4,5)1(6)7/h7-12,16,29H,3-6,13-15,17-19H2,1-2H3,(H,34,35);(H,6,7). The molecule has 234 valence electrons. The molecule has 2 aromatic carbocycles. The van der Waals surface area contributed by atoms with Crippen LogP contribution in [0.3, 0.4) is 0 Å². The number of aliphatic carboxylic acids is 1. The topological polar surface area (TPSA) is 144 Å². The number of hydrogen-bond acceptors (Lipinski definition) is 6. The van der Waals surface area contributed by atoms with E-state index in [1.165, 1.54) is 0 Å². The summed E-state index contributed by atoms with van der Waals surface area (Å²) < 4.78 is 37.2. The lowest BCUT2D eigenvalue weighted by Gasteiger charge is -2.28. The monoisotopic (exact) mass is 607 g/mol. The predicted octanol–water partition coefficient (Wildman–Crippen LogP) is 2.50. The fourth-order valence-electron chi connectivity index (χ4n) is 5.31. The second-order valence-corrected chi connectivity index (χ2v) is 10.7. The number of carbonyl (C=O) groups excluding carboxylic acids is 3. The summed E-state index contributed by atoms with van der Waals surface area (Å²) >= 11 is 0. The van der Waals surface area contributed by atoms with E-state index in [2.05, 4.69) is 18.3 Å². The minimum atomic E-state index is -5.19. The molecule has 13 heteroatoms. The Labute approximate surface area is 247 Å². The van der Waals surface area contributed by atoms with E-state index in [1.807, 2.05) is 17.0 Å². The van der Waals surface area contributed by atoms with Crippen molar-refractivity contribution in [2.75, 3.05) is 36.5 Å². The van der Waals surface area contributed by atoms with Crippen LogP contribution in [0.5, 0.6) is 5.75 Å². The van der Waals surface area contributed by atoms with Gasteiger partial charge in [-0.3, -0.25) is 9.59 Å². The molecule has 2 aliphatic rings. The molecule has 2 aromatic rings. The number of alkyl halides is 3. The van der Waals surface area contributed by atoms with E-state index in [-0.39, 0.29) is 22.8 Å². The Kier molecular flexibility index (Phi) is 11.1. The number of piperidine rings is 1. The molecule has 0 aromatic heterocycles. The van der Waals surface area contributed by atoms with Crippen molar-refractivity contribution in [3.05, 3.63) is 53.6 Å². The van der Waals surface area contributed by atoms with Crippen LogP contribution in [0.4, 0.5) is 24.5 Å². The van der Waals surface area contributed by atoms with Crippen molar-refractivity contribution in [2.45, 2.75) is 58.2 Å². The number of aromatic carboxylic acids is 1. The van der Waals surface area contributed by atoms with Gasteiger partial charge in [0.1, 0.15) is 18.3 Å². The number of carboxylic acids is 2. The van der Waals surface area contributed by atoms with Crippen LogP contribution in [-0.2, 0) is 20.9 Å². The van der Waals surface area contributed by atoms with Gasteiger partial charge < -0.3 is 34.9 Å². The largest absolute Gasteiger partial charge is 0.542 e. The molecule has 2 saturated heterocycles. The molecule has 0 saturated carbocycles. The first-order valence-corrected chi connectivity index (χ1v) is 14.0. The Morgan fingerprint density at radius 2 is 1.74 bits per heavy atom. The summed E-state index contributed by atoms with van der Waals surface area (Å²) in [5.74, 6) is -3.01. The molecule has 43 heavy (non-hydrogen) atoms. The molecule has 1 unspecified atom stereocenters. The Balaban J connectivity index is 0.000000646. The van der Waals surface area contributed by atoms with Crippen molar-refractivity contribution in [3.8, 4) is 5.75 Å². The summed E-state index contributed by atoms with van der Waals surface area (Å²) in [6.45, 7) is 5.20. The van der Waals surface area contributed by atoms with Crippen molar-refractivity contribution in [1.29, 1.82) is 0 Å². The number of amides is 2. The van der Waals surface area contributed by atoms with Crippen LogP contribution in [0.15, 0.2) is 42.5 Å². The lowest BCUT2D eigenvalue weighted by atomic mass is 9.81. The van der Waals surface area contributed by atoms with Gasteiger partial charge in [0.15, 0.2) is 0 Å². The smallest absolute Gasteiger partial charge is 0.430 e. The summed E-state index contributed by atoms with van der Waals surface area (Å²) in [6, 6.07) is 12.6. The maximum atomic E-state index is 12.8. The number of nitrogens with two attached hydrogens (primary N) is 1. The Morgan fingerprint density at radius 3 is 2.30 bits per heavy atom. The number of ether oxygens (including phenoxy) is 1. The van der Waals surface area contributed by atoms with Gasteiger partial charge in [0.25, 0.3) is 0 Å². The van der Waals surface area contributed by atoms with E-state index in [0.29, 0.717) is 19.4 Å². The molecule has 2 heterocycles. The maximum Gasteiger partial charge on any atom is 0.430 e. The third-order valence-electron chi connectivity index (χ3n) is 7.85. The molecular formula is C30H36F3N3O7. The molecule has 2 amide bonds. The zero-order valence-corrected chi connectivity index (χ0v) is 24.1. The molecule has 10 nitrogen and oxygen atoms in total. The molecule has 1 atom stereocenters. The third kappa shape index (κ3) is 8.69. The molecule has 2 aliphatic heterocycles. The average Bonchev–Trinajstić information content (AvgIpc) is 3.32. The highest BCUT2D eigenvalue weighted by molar-refractivity contribution is 5.97. The van der Waals surface area contributed by atoms with Crippen LogP contribution in [0.2, 0.25) is 0 Å². The summed E-state index contributed by atoms with van der Waals surface area (Å²) in [5, 5.41) is 20.2. The molecule has 0 bridgehead atoms. The molecule has 0 radical (unpaired) electrons. The quantitative estimate of drug-likeness (QED) is 0.395. The molecule has 3 N–H and O–H groups in total. The Morgan fingerprint density at radius 1 is 1.07 bits per heavy atom. The number of benzene rings is 2. The van der Waals surface area contributed by atoms with Gasteiger partial charge in [0.2, 0.25) is 11.8 Å². The maximum absolute atomic E-state index is 12.8. The first kappa shape index (κ1) is 33.4. The number of anilines is 2. The first-order chi connectivity index (χ1) is 20.3. The summed E-state index contributed by atoms with van der Waals surface area (Å²) in [5.41, 5.74) is 2.86. The van der Waals surface area contributed by atoms with Crippen molar-refractivity contribution in [2.24, 2.45) is 5.41 Å². The predicted molar refractivity (Wildman–Crippen MR) is 148 cm³/mol.